The fourth-order valence-electron chi connectivity index (χ4n) is 2.35. The van der Waals surface area contributed by atoms with E-state index in [0.717, 1.165) is 0 Å². The number of amides is 1. The van der Waals surface area contributed by atoms with Crippen LogP contribution in [0, 0.1) is 5.82 Å². The van der Waals surface area contributed by atoms with Crippen LogP contribution < -0.4 is 10.1 Å². The number of carbonyl (C=O) groups is 1. The molecular formula is C18H13ClF3N3O2. The predicted molar refractivity (Wildman–Crippen MR) is 93.8 cm³/mol. The van der Waals surface area contributed by atoms with Gasteiger partial charge in [0.2, 0.25) is 0 Å². The van der Waals surface area contributed by atoms with E-state index in [1.165, 1.54) is 53.5 Å². The van der Waals surface area contributed by atoms with Crippen molar-refractivity contribution in [1.29, 1.82) is 0 Å². The molecule has 0 radical (unpaired) electrons. The molecule has 0 aliphatic heterocycles. The van der Waals surface area contributed by atoms with Crippen molar-refractivity contribution in [2.45, 2.75) is 13.2 Å². The lowest BCUT2D eigenvalue weighted by molar-refractivity contribution is -0.0498. The SMILES string of the molecule is O=C(Nc1cnn(Cc2c(F)cccc2Cl)c1)c1ccc(OC(F)F)cc1. The van der Waals surface area contributed by atoms with Gasteiger partial charge >= 0.3 is 6.61 Å². The predicted octanol–water partition coefficient (Wildman–Crippen LogP) is 4.58. The van der Waals surface area contributed by atoms with Gasteiger partial charge in [0.15, 0.2) is 0 Å². The molecule has 0 spiro atoms. The maximum absolute atomic E-state index is 13.8. The molecule has 0 unspecified atom stereocenters. The Kier molecular flexibility index (Phi) is 5.66. The van der Waals surface area contributed by atoms with Crippen LogP contribution in [0.2, 0.25) is 5.02 Å². The number of alkyl halides is 2. The zero-order valence-corrected chi connectivity index (χ0v) is 14.5. The average molecular weight is 396 g/mol. The minimum atomic E-state index is -2.93. The van der Waals surface area contributed by atoms with Crippen molar-refractivity contribution in [2.75, 3.05) is 5.32 Å². The molecular weight excluding hydrogens is 383 g/mol. The second kappa shape index (κ2) is 8.13. The minimum Gasteiger partial charge on any atom is -0.435 e. The van der Waals surface area contributed by atoms with E-state index < -0.39 is 18.3 Å². The highest BCUT2D eigenvalue weighted by atomic mass is 35.5. The number of benzene rings is 2. The number of hydrogen-bond donors (Lipinski definition) is 1. The van der Waals surface area contributed by atoms with Crippen LogP contribution in [0.25, 0.3) is 0 Å². The van der Waals surface area contributed by atoms with Gasteiger partial charge in [-0.1, -0.05) is 17.7 Å². The molecule has 1 amide bonds. The first kappa shape index (κ1) is 18.8. The summed E-state index contributed by atoms with van der Waals surface area (Å²) in [5, 5.41) is 6.96. The summed E-state index contributed by atoms with van der Waals surface area (Å²) < 4.78 is 43.8. The lowest BCUT2D eigenvalue weighted by Crippen LogP contribution is -2.11. The van der Waals surface area contributed by atoms with Crippen LogP contribution in [0.1, 0.15) is 15.9 Å². The second-order valence-corrected chi connectivity index (χ2v) is 5.89. The number of aromatic nitrogens is 2. The fourth-order valence-corrected chi connectivity index (χ4v) is 2.57. The molecule has 140 valence electrons. The Balaban J connectivity index is 1.66. The van der Waals surface area contributed by atoms with E-state index >= 15 is 0 Å². The molecule has 3 aromatic rings. The zero-order valence-electron chi connectivity index (χ0n) is 13.7. The molecule has 0 aliphatic carbocycles. The van der Waals surface area contributed by atoms with Gasteiger partial charge in [0, 0.05) is 22.3 Å². The fraction of sp³-hybridized carbons (Fsp3) is 0.111. The first-order valence-electron chi connectivity index (χ1n) is 7.74. The number of hydrogen-bond acceptors (Lipinski definition) is 3. The van der Waals surface area contributed by atoms with E-state index in [2.05, 4.69) is 15.2 Å². The van der Waals surface area contributed by atoms with Crippen molar-refractivity contribution in [3.05, 3.63) is 76.8 Å². The molecule has 1 heterocycles. The van der Waals surface area contributed by atoms with E-state index in [4.69, 9.17) is 11.6 Å². The lowest BCUT2D eigenvalue weighted by atomic mass is 10.2. The summed E-state index contributed by atoms with van der Waals surface area (Å²) in [6, 6.07) is 9.64. The summed E-state index contributed by atoms with van der Waals surface area (Å²) in [7, 11) is 0. The Morgan fingerprint density at radius 2 is 1.96 bits per heavy atom. The topological polar surface area (TPSA) is 56.2 Å². The highest BCUT2D eigenvalue weighted by Gasteiger charge is 2.11. The van der Waals surface area contributed by atoms with Gasteiger partial charge in [-0.2, -0.15) is 13.9 Å². The van der Waals surface area contributed by atoms with E-state index in [1.54, 1.807) is 6.07 Å². The Morgan fingerprint density at radius 1 is 1.22 bits per heavy atom. The number of nitrogens with zero attached hydrogens (tertiary/aromatic N) is 2. The minimum absolute atomic E-state index is 0.0452. The quantitative estimate of drug-likeness (QED) is 0.664. The highest BCUT2D eigenvalue weighted by Crippen LogP contribution is 2.21. The van der Waals surface area contributed by atoms with Crippen molar-refractivity contribution < 1.29 is 22.7 Å². The molecule has 0 atom stereocenters. The van der Waals surface area contributed by atoms with Crippen molar-refractivity contribution in [3.63, 3.8) is 0 Å². The van der Waals surface area contributed by atoms with Crippen LogP contribution >= 0.6 is 11.6 Å². The first-order valence-corrected chi connectivity index (χ1v) is 8.12. The maximum atomic E-state index is 13.8. The molecule has 1 N–H and O–H groups in total. The molecule has 0 bridgehead atoms. The third kappa shape index (κ3) is 4.79. The van der Waals surface area contributed by atoms with Crippen LogP contribution in [-0.2, 0) is 6.54 Å². The summed E-state index contributed by atoms with van der Waals surface area (Å²) >= 11 is 5.99. The third-order valence-electron chi connectivity index (χ3n) is 3.61. The van der Waals surface area contributed by atoms with E-state index in [-0.39, 0.29) is 28.4 Å². The van der Waals surface area contributed by atoms with Crippen LogP contribution in [-0.4, -0.2) is 22.3 Å². The molecule has 3 rings (SSSR count). The largest absolute Gasteiger partial charge is 0.435 e. The van der Waals surface area contributed by atoms with Gasteiger partial charge in [-0.15, -0.1) is 0 Å². The molecule has 5 nitrogen and oxygen atoms in total. The van der Waals surface area contributed by atoms with Gasteiger partial charge in [-0.3, -0.25) is 9.48 Å². The van der Waals surface area contributed by atoms with Crippen molar-refractivity contribution in [1.82, 2.24) is 9.78 Å². The van der Waals surface area contributed by atoms with Gasteiger partial charge in [0.1, 0.15) is 11.6 Å². The van der Waals surface area contributed by atoms with Crippen molar-refractivity contribution >= 4 is 23.2 Å². The first-order chi connectivity index (χ1) is 12.9. The molecule has 0 fully saturated rings. The lowest BCUT2D eigenvalue weighted by Gasteiger charge is -2.06. The van der Waals surface area contributed by atoms with Crippen LogP contribution in [0.15, 0.2) is 54.9 Å². The van der Waals surface area contributed by atoms with Gasteiger partial charge < -0.3 is 10.1 Å². The van der Waals surface area contributed by atoms with Gasteiger partial charge in [0.25, 0.3) is 5.91 Å². The van der Waals surface area contributed by atoms with Crippen molar-refractivity contribution in [2.24, 2.45) is 0 Å². The smallest absolute Gasteiger partial charge is 0.387 e. The van der Waals surface area contributed by atoms with Crippen LogP contribution in [0.4, 0.5) is 18.9 Å². The van der Waals surface area contributed by atoms with Crippen LogP contribution in [0.3, 0.4) is 0 Å². The summed E-state index contributed by atoms with van der Waals surface area (Å²) in [6.45, 7) is -2.83. The molecule has 27 heavy (non-hydrogen) atoms. The summed E-state index contributed by atoms with van der Waals surface area (Å²) in [5.41, 5.74) is 0.927. The van der Waals surface area contributed by atoms with E-state index in [9.17, 15) is 18.0 Å². The summed E-state index contributed by atoms with van der Waals surface area (Å²) in [6.07, 6.45) is 2.93. The molecule has 1 aromatic heterocycles. The highest BCUT2D eigenvalue weighted by molar-refractivity contribution is 6.31. The number of nitrogens with one attached hydrogen (secondary N) is 1. The molecule has 9 heteroatoms. The van der Waals surface area contributed by atoms with E-state index in [1.807, 2.05) is 0 Å². The van der Waals surface area contributed by atoms with Crippen LogP contribution in [0.5, 0.6) is 5.75 Å². The monoisotopic (exact) mass is 395 g/mol. The third-order valence-corrected chi connectivity index (χ3v) is 3.97. The maximum Gasteiger partial charge on any atom is 0.387 e. The Bertz CT molecular complexity index is 925. The number of carbonyl (C=O) groups excluding carboxylic acids is 1. The standard InChI is InChI=1S/C18H13ClF3N3O2/c19-15-2-1-3-16(20)14(15)10-25-9-12(8-23-25)24-17(26)11-4-6-13(7-5-11)27-18(21)22/h1-9,18H,10H2,(H,24,26). The average Bonchev–Trinajstić information content (AvgIpc) is 3.05. The Morgan fingerprint density at radius 3 is 2.63 bits per heavy atom. The second-order valence-electron chi connectivity index (χ2n) is 5.48. The number of ether oxygens (including phenoxy) is 1. The van der Waals surface area contributed by atoms with Crippen molar-refractivity contribution in [3.8, 4) is 5.75 Å². The Labute approximate surface area is 157 Å². The molecule has 2 aromatic carbocycles. The molecule has 0 saturated heterocycles. The number of halogens is 4. The normalized spacial score (nSPS) is 10.9. The molecule has 0 saturated carbocycles. The Hall–Kier alpha value is -3.00. The zero-order chi connectivity index (χ0) is 19.4. The van der Waals surface area contributed by atoms with Gasteiger partial charge in [0.05, 0.1) is 18.4 Å². The van der Waals surface area contributed by atoms with Gasteiger partial charge in [-0.25, -0.2) is 4.39 Å². The summed E-state index contributed by atoms with van der Waals surface area (Å²) in [4.78, 5) is 12.2. The molecule has 0 aliphatic rings. The number of anilines is 1. The van der Waals surface area contributed by atoms with E-state index in [0.29, 0.717) is 5.69 Å². The van der Waals surface area contributed by atoms with Gasteiger partial charge in [-0.05, 0) is 36.4 Å². The number of rotatable bonds is 6. The summed E-state index contributed by atoms with van der Waals surface area (Å²) in [5.74, 6) is -0.951.